The van der Waals surface area contributed by atoms with Gasteiger partial charge in [-0.05, 0) is 31.4 Å². The Kier molecular flexibility index (Phi) is 3.69. The first-order chi connectivity index (χ1) is 9.83. The highest BCUT2D eigenvalue weighted by Crippen LogP contribution is 2.29. The van der Waals surface area contributed by atoms with Crippen molar-refractivity contribution in [3.8, 4) is 0 Å². The largest absolute Gasteiger partial charge is 0.394 e. The first-order valence-corrected chi connectivity index (χ1v) is 7.15. The van der Waals surface area contributed by atoms with Crippen LogP contribution in [-0.2, 0) is 0 Å². The van der Waals surface area contributed by atoms with Gasteiger partial charge in [0.25, 0.3) is 0 Å². The molecule has 3 rings (SSSR count). The Morgan fingerprint density at radius 3 is 2.70 bits per heavy atom. The average molecular weight is 272 g/mol. The molecule has 1 aromatic heterocycles. The van der Waals surface area contributed by atoms with Gasteiger partial charge in [0.2, 0.25) is 0 Å². The lowest BCUT2D eigenvalue weighted by Crippen LogP contribution is -2.42. The van der Waals surface area contributed by atoms with E-state index in [1.807, 2.05) is 31.3 Å². The molecule has 0 aliphatic carbocycles. The van der Waals surface area contributed by atoms with E-state index in [9.17, 15) is 5.11 Å². The van der Waals surface area contributed by atoms with Crippen molar-refractivity contribution in [2.45, 2.75) is 25.3 Å². The highest BCUT2D eigenvalue weighted by molar-refractivity contribution is 5.80. The molecule has 5 heteroatoms. The van der Waals surface area contributed by atoms with Gasteiger partial charge in [-0.2, -0.15) is 0 Å². The van der Waals surface area contributed by atoms with Crippen molar-refractivity contribution in [3.63, 3.8) is 0 Å². The number of rotatable bonds is 3. The standard InChI is InChI=1S/C15H20N4O/c1-16-14-15(19-9-5-4-6-11(19)10-20)18-13-8-3-2-7-12(13)17-14/h2-3,7-8,11,20H,4-6,9-10H2,1H3,(H,16,17)/t11-/m0/s1. The average Bonchev–Trinajstić information content (AvgIpc) is 2.53. The number of nitrogens with one attached hydrogen (secondary N) is 1. The molecule has 0 radical (unpaired) electrons. The molecule has 0 saturated carbocycles. The third kappa shape index (κ3) is 2.29. The van der Waals surface area contributed by atoms with Crippen molar-refractivity contribution in [2.75, 3.05) is 30.4 Å². The third-order valence-electron chi connectivity index (χ3n) is 3.90. The maximum atomic E-state index is 9.59. The number of piperidine rings is 1. The second kappa shape index (κ2) is 5.63. The van der Waals surface area contributed by atoms with E-state index in [0.717, 1.165) is 48.5 Å². The Morgan fingerprint density at radius 2 is 2.00 bits per heavy atom. The maximum Gasteiger partial charge on any atom is 0.172 e. The first-order valence-electron chi connectivity index (χ1n) is 7.15. The summed E-state index contributed by atoms with van der Waals surface area (Å²) in [5, 5.41) is 12.7. The number of aromatic nitrogens is 2. The van der Waals surface area contributed by atoms with Gasteiger partial charge in [-0.25, -0.2) is 9.97 Å². The van der Waals surface area contributed by atoms with Crippen LogP contribution in [0, 0.1) is 0 Å². The summed E-state index contributed by atoms with van der Waals surface area (Å²) in [5.41, 5.74) is 1.78. The van der Waals surface area contributed by atoms with Crippen LogP contribution in [0.5, 0.6) is 0 Å². The van der Waals surface area contributed by atoms with Crippen molar-refractivity contribution < 1.29 is 5.11 Å². The summed E-state index contributed by atoms with van der Waals surface area (Å²) in [7, 11) is 1.86. The fourth-order valence-corrected chi connectivity index (χ4v) is 2.83. The lowest BCUT2D eigenvalue weighted by Gasteiger charge is -2.36. The zero-order valence-electron chi connectivity index (χ0n) is 11.7. The summed E-state index contributed by atoms with van der Waals surface area (Å²) in [4.78, 5) is 11.6. The van der Waals surface area contributed by atoms with E-state index in [0.29, 0.717) is 0 Å². The van der Waals surface area contributed by atoms with Crippen LogP contribution in [0.4, 0.5) is 11.6 Å². The van der Waals surface area contributed by atoms with Crippen LogP contribution in [0.2, 0.25) is 0 Å². The summed E-state index contributed by atoms with van der Waals surface area (Å²) in [6, 6.07) is 8.02. The summed E-state index contributed by atoms with van der Waals surface area (Å²) >= 11 is 0. The van der Waals surface area contributed by atoms with E-state index >= 15 is 0 Å². The predicted molar refractivity (Wildman–Crippen MR) is 81.2 cm³/mol. The predicted octanol–water partition coefficient (Wildman–Crippen LogP) is 2.02. The molecule has 2 heterocycles. The number of hydrogen-bond donors (Lipinski definition) is 2. The molecule has 1 atom stereocenters. The van der Waals surface area contributed by atoms with Crippen molar-refractivity contribution in [1.29, 1.82) is 0 Å². The zero-order chi connectivity index (χ0) is 13.9. The molecular weight excluding hydrogens is 252 g/mol. The van der Waals surface area contributed by atoms with Gasteiger partial charge in [0.1, 0.15) is 0 Å². The molecule has 2 N–H and O–H groups in total. The number of hydrogen-bond acceptors (Lipinski definition) is 5. The normalized spacial score (nSPS) is 19.3. The summed E-state index contributed by atoms with van der Waals surface area (Å²) in [6.07, 6.45) is 3.31. The molecule has 20 heavy (non-hydrogen) atoms. The molecule has 1 aromatic carbocycles. The summed E-state index contributed by atoms with van der Waals surface area (Å²) in [6.45, 7) is 1.09. The van der Waals surface area contributed by atoms with Gasteiger partial charge in [0, 0.05) is 13.6 Å². The molecule has 0 spiro atoms. The van der Waals surface area contributed by atoms with Gasteiger partial charge >= 0.3 is 0 Å². The molecule has 1 aliphatic heterocycles. The van der Waals surface area contributed by atoms with E-state index in [1.165, 1.54) is 0 Å². The number of aliphatic hydroxyl groups excluding tert-OH is 1. The topological polar surface area (TPSA) is 61.3 Å². The second-order valence-corrected chi connectivity index (χ2v) is 5.16. The number of para-hydroxylation sites is 2. The van der Waals surface area contributed by atoms with Gasteiger partial charge in [0.15, 0.2) is 11.6 Å². The van der Waals surface area contributed by atoms with E-state index in [2.05, 4.69) is 15.2 Å². The molecular formula is C15H20N4O. The molecule has 0 unspecified atom stereocenters. The number of benzene rings is 1. The molecule has 0 amide bonds. The molecule has 106 valence electrons. The van der Waals surface area contributed by atoms with Crippen LogP contribution in [0.3, 0.4) is 0 Å². The minimum absolute atomic E-state index is 0.145. The Bertz CT molecular complexity index is 601. The quantitative estimate of drug-likeness (QED) is 0.895. The van der Waals surface area contributed by atoms with Crippen LogP contribution < -0.4 is 10.2 Å². The van der Waals surface area contributed by atoms with Crippen molar-refractivity contribution in [3.05, 3.63) is 24.3 Å². The van der Waals surface area contributed by atoms with Gasteiger partial charge in [-0.15, -0.1) is 0 Å². The Labute approximate surface area is 118 Å². The number of aliphatic hydroxyl groups is 1. The number of fused-ring (bicyclic) bond motifs is 1. The van der Waals surface area contributed by atoms with Gasteiger partial charge < -0.3 is 15.3 Å². The van der Waals surface area contributed by atoms with Crippen LogP contribution >= 0.6 is 0 Å². The number of nitrogens with zero attached hydrogens (tertiary/aromatic N) is 3. The van der Waals surface area contributed by atoms with Crippen LogP contribution in [0.15, 0.2) is 24.3 Å². The Balaban J connectivity index is 2.08. The van der Waals surface area contributed by atoms with E-state index in [1.54, 1.807) is 0 Å². The summed E-state index contributed by atoms with van der Waals surface area (Å²) < 4.78 is 0. The SMILES string of the molecule is CNc1nc2ccccc2nc1N1CCCC[C@H]1CO. The van der Waals surface area contributed by atoms with Crippen LogP contribution in [0.25, 0.3) is 11.0 Å². The third-order valence-corrected chi connectivity index (χ3v) is 3.90. The van der Waals surface area contributed by atoms with Crippen molar-refractivity contribution >= 4 is 22.7 Å². The van der Waals surface area contributed by atoms with Crippen LogP contribution in [0.1, 0.15) is 19.3 Å². The minimum Gasteiger partial charge on any atom is -0.394 e. The van der Waals surface area contributed by atoms with E-state index in [-0.39, 0.29) is 12.6 Å². The molecule has 0 bridgehead atoms. The molecule has 1 saturated heterocycles. The smallest absolute Gasteiger partial charge is 0.172 e. The van der Waals surface area contributed by atoms with E-state index in [4.69, 9.17) is 4.98 Å². The molecule has 1 fully saturated rings. The first kappa shape index (κ1) is 13.1. The highest BCUT2D eigenvalue weighted by Gasteiger charge is 2.25. The monoisotopic (exact) mass is 272 g/mol. The molecule has 5 nitrogen and oxygen atoms in total. The molecule has 2 aromatic rings. The fraction of sp³-hybridized carbons (Fsp3) is 0.467. The fourth-order valence-electron chi connectivity index (χ4n) is 2.83. The lowest BCUT2D eigenvalue weighted by atomic mass is 10.0. The Morgan fingerprint density at radius 1 is 1.25 bits per heavy atom. The highest BCUT2D eigenvalue weighted by atomic mass is 16.3. The zero-order valence-corrected chi connectivity index (χ0v) is 11.7. The second-order valence-electron chi connectivity index (χ2n) is 5.16. The van der Waals surface area contributed by atoms with Crippen molar-refractivity contribution in [1.82, 2.24) is 9.97 Å². The Hall–Kier alpha value is -1.88. The van der Waals surface area contributed by atoms with Crippen molar-refractivity contribution in [2.24, 2.45) is 0 Å². The minimum atomic E-state index is 0.145. The lowest BCUT2D eigenvalue weighted by molar-refractivity contribution is 0.239. The summed E-state index contributed by atoms with van der Waals surface area (Å²) in [5.74, 6) is 1.63. The van der Waals surface area contributed by atoms with Crippen LogP contribution in [-0.4, -0.2) is 41.3 Å². The van der Waals surface area contributed by atoms with Gasteiger partial charge in [0.05, 0.1) is 23.7 Å². The molecule has 1 aliphatic rings. The number of anilines is 2. The maximum absolute atomic E-state index is 9.59. The van der Waals surface area contributed by atoms with Gasteiger partial charge in [-0.1, -0.05) is 12.1 Å². The van der Waals surface area contributed by atoms with E-state index < -0.39 is 0 Å². The van der Waals surface area contributed by atoms with Gasteiger partial charge in [-0.3, -0.25) is 0 Å².